The standard InChI is InChI=1S/C13H15N3OS/c14-16-13(11-3-1-2-5-17-11)9-7-12-10(15-8-9)4-6-18-12/h3-4,6-8,13,16H,1-2,5,14H2. The number of fused-ring (bicyclic) bond motifs is 1. The Labute approximate surface area is 109 Å². The van der Waals surface area contributed by atoms with E-state index in [1.54, 1.807) is 11.3 Å². The van der Waals surface area contributed by atoms with E-state index in [4.69, 9.17) is 10.6 Å². The van der Waals surface area contributed by atoms with Crippen LogP contribution < -0.4 is 11.3 Å². The summed E-state index contributed by atoms with van der Waals surface area (Å²) in [6, 6.07) is 4.03. The molecule has 1 aliphatic rings. The fraction of sp³-hybridized carbons (Fsp3) is 0.308. The van der Waals surface area contributed by atoms with Crippen LogP contribution in [0.3, 0.4) is 0 Å². The molecule has 2 aromatic heterocycles. The van der Waals surface area contributed by atoms with Crippen LogP contribution in [0.15, 0.2) is 35.5 Å². The molecule has 4 nitrogen and oxygen atoms in total. The van der Waals surface area contributed by atoms with E-state index < -0.39 is 0 Å². The average Bonchev–Trinajstić information content (AvgIpc) is 2.88. The average molecular weight is 261 g/mol. The first-order chi connectivity index (χ1) is 8.88. The number of rotatable bonds is 3. The Bertz CT molecular complexity index is 578. The van der Waals surface area contributed by atoms with E-state index in [1.165, 1.54) is 4.70 Å². The first-order valence-corrected chi connectivity index (χ1v) is 6.88. The fourth-order valence-corrected chi connectivity index (χ4v) is 2.93. The van der Waals surface area contributed by atoms with Crippen molar-refractivity contribution in [2.45, 2.75) is 18.9 Å². The molecule has 1 aliphatic heterocycles. The van der Waals surface area contributed by atoms with Crippen LogP contribution in [0.5, 0.6) is 0 Å². The van der Waals surface area contributed by atoms with Gasteiger partial charge in [0.2, 0.25) is 0 Å². The molecular formula is C13H15N3OS. The summed E-state index contributed by atoms with van der Waals surface area (Å²) in [5.41, 5.74) is 4.88. The molecule has 0 aliphatic carbocycles. The monoisotopic (exact) mass is 261 g/mol. The second-order valence-corrected chi connectivity index (χ2v) is 5.22. The molecule has 2 aromatic rings. The zero-order valence-electron chi connectivity index (χ0n) is 9.93. The lowest BCUT2D eigenvalue weighted by Crippen LogP contribution is -2.31. The molecule has 0 amide bonds. The topological polar surface area (TPSA) is 60.2 Å². The van der Waals surface area contributed by atoms with Gasteiger partial charge in [0, 0.05) is 6.20 Å². The zero-order valence-corrected chi connectivity index (χ0v) is 10.7. The molecule has 0 radical (unpaired) electrons. The molecule has 1 atom stereocenters. The summed E-state index contributed by atoms with van der Waals surface area (Å²) in [5, 5.41) is 2.04. The molecule has 0 aromatic carbocycles. The number of hydrogen-bond acceptors (Lipinski definition) is 5. The van der Waals surface area contributed by atoms with Crippen molar-refractivity contribution < 1.29 is 4.74 Å². The summed E-state index contributed by atoms with van der Waals surface area (Å²) in [5.74, 6) is 6.56. The third-order valence-corrected chi connectivity index (χ3v) is 3.92. The minimum Gasteiger partial charge on any atom is -0.496 e. The lowest BCUT2D eigenvalue weighted by molar-refractivity contribution is 0.168. The maximum absolute atomic E-state index is 5.67. The number of thiophene rings is 1. The van der Waals surface area contributed by atoms with E-state index in [0.717, 1.165) is 36.3 Å². The van der Waals surface area contributed by atoms with Crippen LogP contribution in [0.4, 0.5) is 0 Å². The Morgan fingerprint density at radius 2 is 2.44 bits per heavy atom. The van der Waals surface area contributed by atoms with Crippen molar-refractivity contribution in [1.29, 1.82) is 0 Å². The van der Waals surface area contributed by atoms with E-state index in [2.05, 4.69) is 22.6 Å². The van der Waals surface area contributed by atoms with Gasteiger partial charge < -0.3 is 4.74 Å². The van der Waals surface area contributed by atoms with Crippen LogP contribution in [0, 0.1) is 0 Å². The Kier molecular flexibility index (Phi) is 3.27. The Morgan fingerprint density at radius 3 is 3.22 bits per heavy atom. The molecule has 5 heteroatoms. The van der Waals surface area contributed by atoms with Gasteiger partial charge in [-0.2, -0.15) is 0 Å². The highest BCUT2D eigenvalue weighted by molar-refractivity contribution is 7.17. The Balaban J connectivity index is 1.96. The summed E-state index contributed by atoms with van der Waals surface area (Å²) in [7, 11) is 0. The van der Waals surface area contributed by atoms with Gasteiger partial charge in [-0.3, -0.25) is 10.8 Å². The number of ether oxygens (including phenoxy) is 1. The molecular weight excluding hydrogens is 246 g/mol. The highest BCUT2D eigenvalue weighted by atomic mass is 32.1. The molecule has 3 heterocycles. The Morgan fingerprint density at radius 1 is 1.50 bits per heavy atom. The van der Waals surface area contributed by atoms with Gasteiger partial charge in [0.25, 0.3) is 0 Å². The smallest absolute Gasteiger partial charge is 0.115 e. The maximum atomic E-state index is 5.67. The summed E-state index contributed by atoms with van der Waals surface area (Å²) in [6.07, 6.45) is 6.08. The molecule has 0 saturated heterocycles. The maximum Gasteiger partial charge on any atom is 0.115 e. The van der Waals surface area contributed by atoms with Crippen LogP contribution in [-0.2, 0) is 4.74 Å². The van der Waals surface area contributed by atoms with Crippen molar-refractivity contribution in [1.82, 2.24) is 10.4 Å². The highest BCUT2D eigenvalue weighted by Crippen LogP contribution is 2.28. The third-order valence-electron chi connectivity index (χ3n) is 3.07. The summed E-state index contributed by atoms with van der Waals surface area (Å²) >= 11 is 1.68. The predicted octanol–water partition coefficient (Wildman–Crippen LogP) is 2.50. The number of nitrogens with one attached hydrogen (secondary N) is 1. The van der Waals surface area contributed by atoms with Crippen molar-refractivity contribution in [3.63, 3.8) is 0 Å². The third kappa shape index (κ3) is 2.12. The lowest BCUT2D eigenvalue weighted by atomic mass is 10.1. The molecule has 3 N–H and O–H groups in total. The number of pyridine rings is 1. The van der Waals surface area contributed by atoms with Crippen LogP contribution >= 0.6 is 11.3 Å². The van der Waals surface area contributed by atoms with E-state index in [1.807, 2.05) is 17.6 Å². The number of nitrogens with two attached hydrogens (primary N) is 1. The van der Waals surface area contributed by atoms with Gasteiger partial charge in [0.15, 0.2) is 0 Å². The molecule has 0 bridgehead atoms. The van der Waals surface area contributed by atoms with E-state index in [9.17, 15) is 0 Å². The van der Waals surface area contributed by atoms with Crippen molar-refractivity contribution >= 4 is 21.6 Å². The fourth-order valence-electron chi connectivity index (χ4n) is 2.14. The molecule has 1 unspecified atom stereocenters. The van der Waals surface area contributed by atoms with E-state index in [-0.39, 0.29) is 6.04 Å². The SMILES string of the molecule is NNC(C1=CCCCO1)c1cnc2ccsc2c1. The highest BCUT2D eigenvalue weighted by Gasteiger charge is 2.19. The number of hydrazine groups is 1. The summed E-state index contributed by atoms with van der Waals surface area (Å²) in [4.78, 5) is 4.44. The predicted molar refractivity (Wildman–Crippen MR) is 73.0 cm³/mol. The minimum absolute atomic E-state index is 0.107. The van der Waals surface area contributed by atoms with Gasteiger partial charge in [-0.05, 0) is 42.0 Å². The molecule has 0 saturated carbocycles. The van der Waals surface area contributed by atoms with Gasteiger partial charge in [-0.1, -0.05) is 0 Å². The lowest BCUT2D eigenvalue weighted by Gasteiger charge is -2.23. The number of aromatic nitrogens is 1. The second kappa shape index (κ2) is 5.06. The van der Waals surface area contributed by atoms with Crippen molar-refractivity contribution in [3.8, 4) is 0 Å². The van der Waals surface area contributed by atoms with Gasteiger partial charge in [0.1, 0.15) is 11.8 Å². The van der Waals surface area contributed by atoms with E-state index >= 15 is 0 Å². The van der Waals surface area contributed by atoms with Gasteiger partial charge >= 0.3 is 0 Å². The van der Waals surface area contributed by atoms with Crippen molar-refractivity contribution in [2.75, 3.05) is 6.61 Å². The van der Waals surface area contributed by atoms with Crippen LogP contribution in [-0.4, -0.2) is 11.6 Å². The van der Waals surface area contributed by atoms with Gasteiger partial charge in [0.05, 0.1) is 16.8 Å². The minimum atomic E-state index is -0.107. The number of hydrogen-bond donors (Lipinski definition) is 2. The molecule has 0 fully saturated rings. The number of allylic oxidation sites excluding steroid dienone is 1. The number of nitrogens with zero attached hydrogens (tertiary/aromatic N) is 1. The summed E-state index contributed by atoms with van der Waals surface area (Å²) < 4.78 is 6.84. The van der Waals surface area contributed by atoms with Gasteiger partial charge in [-0.15, -0.1) is 11.3 Å². The van der Waals surface area contributed by atoms with E-state index in [0.29, 0.717) is 0 Å². The first kappa shape index (κ1) is 11.6. The van der Waals surface area contributed by atoms with Crippen molar-refractivity contribution in [3.05, 3.63) is 41.1 Å². The van der Waals surface area contributed by atoms with Crippen molar-refractivity contribution in [2.24, 2.45) is 5.84 Å². The summed E-state index contributed by atoms with van der Waals surface area (Å²) in [6.45, 7) is 0.763. The quantitative estimate of drug-likeness (QED) is 0.658. The van der Waals surface area contributed by atoms with Gasteiger partial charge in [-0.25, -0.2) is 5.43 Å². The molecule has 3 rings (SSSR count). The van der Waals surface area contributed by atoms with Crippen LogP contribution in [0.1, 0.15) is 24.4 Å². The molecule has 18 heavy (non-hydrogen) atoms. The molecule has 0 spiro atoms. The second-order valence-electron chi connectivity index (χ2n) is 4.27. The first-order valence-electron chi connectivity index (χ1n) is 6.00. The largest absolute Gasteiger partial charge is 0.496 e. The van der Waals surface area contributed by atoms with Crippen LogP contribution in [0.25, 0.3) is 10.2 Å². The zero-order chi connectivity index (χ0) is 12.4. The van der Waals surface area contributed by atoms with Crippen LogP contribution in [0.2, 0.25) is 0 Å². The normalized spacial score (nSPS) is 17.3. The molecule has 94 valence electrons. The Hall–Kier alpha value is -1.43.